The number of nitrogens with zero attached hydrogens (tertiary/aromatic N) is 1. The van der Waals surface area contributed by atoms with E-state index in [1.165, 1.54) is 18.0 Å². The van der Waals surface area contributed by atoms with Gasteiger partial charge in [-0.05, 0) is 6.26 Å². The number of aromatic nitrogens is 2. The summed E-state index contributed by atoms with van der Waals surface area (Å²) in [5.41, 5.74) is 5.01. The second kappa shape index (κ2) is 2.74. The average molecular weight is 157 g/mol. The minimum atomic E-state index is -0.407. The largest absolute Gasteiger partial charge is 0.384 e. The van der Waals surface area contributed by atoms with Crippen LogP contribution in [0.5, 0.6) is 0 Å². The van der Waals surface area contributed by atoms with E-state index in [0.717, 1.165) is 4.90 Å². The van der Waals surface area contributed by atoms with Crippen molar-refractivity contribution in [1.82, 2.24) is 9.97 Å². The van der Waals surface area contributed by atoms with Crippen molar-refractivity contribution < 1.29 is 0 Å². The highest BCUT2D eigenvalue weighted by atomic mass is 32.2. The van der Waals surface area contributed by atoms with E-state index < -0.39 is 5.69 Å². The first-order valence-electron chi connectivity index (χ1n) is 2.63. The van der Waals surface area contributed by atoms with Crippen molar-refractivity contribution in [1.29, 1.82) is 0 Å². The van der Waals surface area contributed by atoms with Gasteiger partial charge in [-0.1, -0.05) is 0 Å². The molecule has 10 heavy (non-hydrogen) atoms. The normalized spacial score (nSPS) is 9.70. The van der Waals surface area contributed by atoms with Crippen LogP contribution in [0.1, 0.15) is 0 Å². The van der Waals surface area contributed by atoms with Gasteiger partial charge in [0.15, 0.2) is 0 Å². The number of hydrogen-bond donors (Lipinski definition) is 2. The Balaban J connectivity index is 3.19. The van der Waals surface area contributed by atoms with Gasteiger partial charge in [0.1, 0.15) is 5.82 Å². The van der Waals surface area contributed by atoms with Crippen molar-refractivity contribution in [2.45, 2.75) is 4.90 Å². The van der Waals surface area contributed by atoms with E-state index in [1.807, 2.05) is 6.26 Å². The molecule has 0 atom stereocenters. The molecule has 1 aromatic rings. The highest BCUT2D eigenvalue weighted by Gasteiger charge is 1.96. The summed E-state index contributed by atoms with van der Waals surface area (Å²) >= 11 is 1.45. The fraction of sp³-hybridized carbons (Fsp3) is 0.200. The Morgan fingerprint density at radius 1 is 1.80 bits per heavy atom. The fourth-order valence-electron chi connectivity index (χ4n) is 0.559. The molecule has 0 saturated carbocycles. The summed E-state index contributed by atoms with van der Waals surface area (Å²) in [6, 6.07) is 0. The molecule has 3 N–H and O–H groups in total. The van der Waals surface area contributed by atoms with Gasteiger partial charge in [-0.15, -0.1) is 11.8 Å². The lowest BCUT2D eigenvalue weighted by Crippen LogP contribution is -2.12. The number of aromatic amines is 1. The van der Waals surface area contributed by atoms with E-state index >= 15 is 0 Å². The molecule has 0 aromatic carbocycles. The van der Waals surface area contributed by atoms with E-state index in [-0.39, 0.29) is 0 Å². The van der Waals surface area contributed by atoms with Crippen LogP contribution >= 0.6 is 11.8 Å². The zero-order valence-electron chi connectivity index (χ0n) is 5.42. The number of nitrogens with one attached hydrogen (secondary N) is 1. The predicted octanol–water partition coefficient (Wildman–Crippen LogP) is 0.0740. The lowest BCUT2D eigenvalue weighted by molar-refractivity contribution is 1.04. The number of anilines is 1. The molecule has 1 heterocycles. The summed E-state index contributed by atoms with van der Waals surface area (Å²) in [7, 11) is 0. The van der Waals surface area contributed by atoms with Gasteiger partial charge in [0.25, 0.3) is 0 Å². The van der Waals surface area contributed by atoms with E-state index in [2.05, 4.69) is 9.97 Å². The second-order valence-electron chi connectivity index (χ2n) is 1.67. The summed E-state index contributed by atoms with van der Waals surface area (Å²) in [6.07, 6.45) is 3.32. The minimum absolute atomic E-state index is 0.382. The number of nitrogen functional groups attached to an aromatic ring is 1. The number of rotatable bonds is 1. The van der Waals surface area contributed by atoms with E-state index in [4.69, 9.17) is 5.73 Å². The molecule has 0 saturated heterocycles. The van der Waals surface area contributed by atoms with Crippen molar-refractivity contribution in [2.75, 3.05) is 12.0 Å². The Morgan fingerprint density at radius 2 is 2.50 bits per heavy atom. The van der Waals surface area contributed by atoms with Gasteiger partial charge < -0.3 is 5.73 Å². The van der Waals surface area contributed by atoms with E-state index in [1.54, 1.807) is 0 Å². The summed E-state index contributed by atoms with van der Waals surface area (Å²) < 4.78 is 0. The van der Waals surface area contributed by atoms with Gasteiger partial charge in [0.05, 0.1) is 4.90 Å². The maximum absolute atomic E-state index is 10.5. The molecule has 4 nitrogen and oxygen atoms in total. The number of nitrogens with two attached hydrogens (primary N) is 1. The molecule has 0 fully saturated rings. The molecule has 5 heteroatoms. The molecule has 0 bridgehead atoms. The monoisotopic (exact) mass is 157 g/mol. The first-order valence-corrected chi connectivity index (χ1v) is 3.85. The van der Waals surface area contributed by atoms with Crippen LogP contribution < -0.4 is 11.4 Å². The average Bonchev–Trinajstić information content (AvgIpc) is 1.88. The highest BCUT2D eigenvalue weighted by molar-refractivity contribution is 7.98. The van der Waals surface area contributed by atoms with Crippen LogP contribution in [0.4, 0.5) is 5.82 Å². The quantitative estimate of drug-likeness (QED) is 0.566. The third kappa shape index (κ3) is 1.30. The second-order valence-corrected chi connectivity index (χ2v) is 2.52. The molecule has 1 rings (SSSR count). The fourth-order valence-corrected chi connectivity index (χ4v) is 0.988. The summed E-state index contributed by atoms with van der Waals surface area (Å²) in [4.78, 5) is 17.2. The van der Waals surface area contributed by atoms with Crippen LogP contribution in [0.15, 0.2) is 15.9 Å². The van der Waals surface area contributed by atoms with Crippen molar-refractivity contribution in [3.8, 4) is 0 Å². The van der Waals surface area contributed by atoms with Crippen molar-refractivity contribution in [3.63, 3.8) is 0 Å². The SMILES string of the molecule is CSc1cnc(=O)[nH]c1N. The third-order valence-corrected chi connectivity index (χ3v) is 1.79. The third-order valence-electron chi connectivity index (χ3n) is 1.03. The van der Waals surface area contributed by atoms with Crippen molar-refractivity contribution >= 4 is 17.6 Å². The standard InChI is InChI=1S/C5H7N3OS/c1-10-3-2-7-5(9)8-4(3)6/h2H,1H3,(H3,6,7,8,9). The molecule has 0 spiro atoms. The molecule has 0 aliphatic rings. The summed E-state index contributed by atoms with van der Waals surface area (Å²) in [6.45, 7) is 0. The highest BCUT2D eigenvalue weighted by Crippen LogP contribution is 2.16. The predicted molar refractivity (Wildman–Crippen MR) is 41.1 cm³/mol. The van der Waals surface area contributed by atoms with Gasteiger partial charge in [-0.3, -0.25) is 4.98 Å². The molecular weight excluding hydrogens is 150 g/mol. The molecular formula is C5H7N3OS. The van der Waals surface area contributed by atoms with Gasteiger partial charge in [0, 0.05) is 6.20 Å². The van der Waals surface area contributed by atoms with Crippen LogP contribution in [0, 0.1) is 0 Å². The maximum Gasteiger partial charge on any atom is 0.346 e. The van der Waals surface area contributed by atoms with Gasteiger partial charge in [-0.2, -0.15) is 0 Å². The molecule has 0 radical (unpaired) electrons. The van der Waals surface area contributed by atoms with Crippen LogP contribution in [0.2, 0.25) is 0 Å². The lowest BCUT2D eigenvalue weighted by Gasteiger charge is -1.97. The molecule has 1 aromatic heterocycles. The van der Waals surface area contributed by atoms with Crippen LogP contribution in [0.3, 0.4) is 0 Å². The minimum Gasteiger partial charge on any atom is -0.384 e. The van der Waals surface area contributed by atoms with Gasteiger partial charge >= 0.3 is 5.69 Å². The van der Waals surface area contributed by atoms with Gasteiger partial charge in [0.2, 0.25) is 0 Å². The Hall–Kier alpha value is -0.970. The van der Waals surface area contributed by atoms with E-state index in [0.29, 0.717) is 5.82 Å². The Bertz CT molecular complexity index is 282. The molecule has 0 aliphatic carbocycles. The topological polar surface area (TPSA) is 71.8 Å². The molecule has 0 amide bonds. The maximum atomic E-state index is 10.5. The Kier molecular flexibility index (Phi) is 1.96. The first-order chi connectivity index (χ1) is 4.74. The molecule has 54 valence electrons. The van der Waals surface area contributed by atoms with Crippen molar-refractivity contribution in [2.24, 2.45) is 0 Å². The van der Waals surface area contributed by atoms with Crippen molar-refractivity contribution in [3.05, 3.63) is 16.7 Å². The zero-order valence-corrected chi connectivity index (χ0v) is 6.23. The first kappa shape index (κ1) is 7.14. The molecule has 0 unspecified atom stereocenters. The zero-order chi connectivity index (χ0) is 7.56. The lowest BCUT2D eigenvalue weighted by atomic mass is 10.6. The van der Waals surface area contributed by atoms with Gasteiger partial charge in [-0.25, -0.2) is 9.78 Å². The van der Waals surface area contributed by atoms with Crippen LogP contribution in [0.25, 0.3) is 0 Å². The Morgan fingerprint density at radius 3 is 3.00 bits per heavy atom. The number of thioether (sulfide) groups is 1. The summed E-state index contributed by atoms with van der Waals surface area (Å²) in [5.74, 6) is 0.382. The molecule has 0 aliphatic heterocycles. The smallest absolute Gasteiger partial charge is 0.346 e. The van der Waals surface area contributed by atoms with E-state index in [9.17, 15) is 4.79 Å². The van der Waals surface area contributed by atoms with Crippen LogP contribution in [-0.2, 0) is 0 Å². The Labute approximate surface area is 61.9 Å². The number of hydrogen-bond acceptors (Lipinski definition) is 4. The summed E-state index contributed by atoms with van der Waals surface area (Å²) in [5, 5.41) is 0. The number of H-pyrrole nitrogens is 1. The van der Waals surface area contributed by atoms with Crippen LogP contribution in [-0.4, -0.2) is 16.2 Å².